The molecule has 0 atom stereocenters. The van der Waals surface area contributed by atoms with Gasteiger partial charge in [0.1, 0.15) is 0 Å². The third-order valence-electron chi connectivity index (χ3n) is 6.96. The fourth-order valence-electron chi connectivity index (χ4n) is 4.05. The van der Waals surface area contributed by atoms with Gasteiger partial charge in [-0.05, 0) is 30.8 Å². The Morgan fingerprint density at radius 1 is 0.341 bits per heavy atom. The third-order valence-corrected chi connectivity index (χ3v) is 8.11. The van der Waals surface area contributed by atoms with E-state index in [2.05, 4.69) is 6.92 Å². The van der Waals surface area contributed by atoms with Gasteiger partial charge in [0, 0.05) is 6.42 Å². The number of unbranched alkanes of at least 4 members (excludes halogenated alkanes) is 12. The van der Waals surface area contributed by atoms with Crippen LogP contribution in [-0.2, 0) is 0 Å². The number of thioether (sulfide) groups is 1. The van der Waals surface area contributed by atoms with Gasteiger partial charge < -0.3 is 0 Å². The Labute approximate surface area is 249 Å². The molecule has 0 rings (SSSR count). The Bertz CT molecular complexity index is 809. The molecule has 0 aliphatic rings. The van der Waals surface area contributed by atoms with Gasteiger partial charge in [0.2, 0.25) is 0 Å². The maximum Gasteiger partial charge on any atom is 0.460 e. The van der Waals surface area contributed by atoms with E-state index in [9.17, 15) is 74.6 Å². The monoisotopic (exact) mass is 704 g/mol. The molecule has 0 fully saturated rings. The molecule has 266 valence electrons. The van der Waals surface area contributed by atoms with E-state index in [0.717, 1.165) is 37.2 Å². The van der Waals surface area contributed by atoms with Crippen molar-refractivity contribution in [2.24, 2.45) is 0 Å². The first-order valence-electron chi connectivity index (χ1n) is 14.1. The summed E-state index contributed by atoms with van der Waals surface area (Å²) >= 11 is 1.81. The van der Waals surface area contributed by atoms with Crippen LogP contribution in [0.5, 0.6) is 0 Å². The van der Waals surface area contributed by atoms with Crippen LogP contribution in [0.25, 0.3) is 0 Å². The Kier molecular flexibility index (Phi) is 16.5. The van der Waals surface area contributed by atoms with Crippen molar-refractivity contribution in [2.75, 3.05) is 11.5 Å². The van der Waals surface area contributed by atoms with E-state index in [1.807, 2.05) is 11.8 Å². The summed E-state index contributed by atoms with van der Waals surface area (Å²) in [4.78, 5) is 0. The topological polar surface area (TPSA) is 0 Å². The molecule has 0 aromatic rings. The molecule has 0 nitrogen and oxygen atoms in total. The van der Waals surface area contributed by atoms with E-state index in [4.69, 9.17) is 0 Å². The van der Waals surface area contributed by atoms with Crippen molar-refractivity contribution in [2.45, 2.75) is 151 Å². The van der Waals surface area contributed by atoms with Crippen LogP contribution < -0.4 is 0 Å². The zero-order valence-electron chi connectivity index (χ0n) is 23.9. The van der Waals surface area contributed by atoms with Crippen LogP contribution in [0.2, 0.25) is 0 Å². The molecule has 0 aliphatic carbocycles. The second kappa shape index (κ2) is 16.8. The van der Waals surface area contributed by atoms with Gasteiger partial charge in [0.05, 0.1) is 0 Å². The molecular weight excluding hydrogens is 667 g/mol. The summed E-state index contributed by atoms with van der Waals surface area (Å²) in [6.45, 7) is 2.13. The van der Waals surface area contributed by atoms with Gasteiger partial charge in [0.15, 0.2) is 0 Å². The van der Waals surface area contributed by atoms with Crippen molar-refractivity contribution in [3.63, 3.8) is 0 Å². The van der Waals surface area contributed by atoms with Crippen molar-refractivity contribution in [1.82, 2.24) is 0 Å². The van der Waals surface area contributed by atoms with Gasteiger partial charge in [-0.25, -0.2) is 0 Å². The van der Waals surface area contributed by atoms with Crippen LogP contribution in [0.1, 0.15) is 103 Å². The van der Waals surface area contributed by atoms with Crippen molar-refractivity contribution in [3.8, 4) is 0 Å². The van der Waals surface area contributed by atoms with Crippen LogP contribution in [0, 0.1) is 0 Å². The number of rotatable bonds is 24. The van der Waals surface area contributed by atoms with Crippen LogP contribution in [-0.4, -0.2) is 59.1 Å². The van der Waals surface area contributed by atoms with Crippen molar-refractivity contribution in [3.05, 3.63) is 0 Å². The second-order valence-electron chi connectivity index (χ2n) is 10.6. The van der Waals surface area contributed by atoms with Crippen LogP contribution in [0.3, 0.4) is 0 Å². The fourth-order valence-corrected chi connectivity index (χ4v) is 5.07. The van der Waals surface area contributed by atoms with E-state index >= 15 is 0 Å². The van der Waals surface area contributed by atoms with Gasteiger partial charge >= 0.3 is 47.6 Å². The second-order valence-corrected chi connectivity index (χ2v) is 11.8. The first-order valence-corrected chi connectivity index (χ1v) is 15.3. The first-order chi connectivity index (χ1) is 19.8. The zero-order chi connectivity index (χ0) is 34.7. The minimum atomic E-state index is -8.57. The van der Waals surface area contributed by atoms with Crippen molar-refractivity contribution >= 4 is 11.8 Å². The van der Waals surface area contributed by atoms with Gasteiger partial charge in [0.25, 0.3) is 0 Å². The minimum absolute atomic E-state index is 0.0950. The smallest absolute Gasteiger partial charge is 0.200 e. The number of hydrogen-bond donors (Lipinski definition) is 0. The normalized spacial score (nSPS) is 14.9. The van der Waals surface area contributed by atoms with Gasteiger partial charge in [-0.15, -0.1) is 0 Å². The van der Waals surface area contributed by atoms with Crippen molar-refractivity contribution in [1.29, 1.82) is 0 Å². The minimum Gasteiger partial charge on any atom is -0.200 e. The highest BCUT2D eigenvalue weighted by Gasteiger charge is 2.95. The summed E-state index contributed by atoms with van der Waals surface area (Å²) in [5.74, 6) is -53.7. The Morgan fingerprint density at radius 3 is 1.00 bits per heavy atom. The molecule has 0 radical (unpaired) electrons. The molecule has 0 amide bonds. The summed E-state index contributed by atoms with van der Waals surface area (Å²) in [7, 11) is 0. The maximum absolute atomic E-state index is 13.9. The molecular formula is C26H37F17S. The molecule has 0 aromatic heterocycles. The summed E-state index contributed by atoms with van der Waals surface area (Å²) in [6.07, 6.45) is -0.780. The number of alkyl halides is 17. The Balaban J connectivity index is 4.83. The highest BCUT2D eigenvalue weighted by atomic mass is 32.2. The molecule has 0 saturated carbocycles. The number of halogens is 17. The van der Waals surface area contributed by atoms with E-state index < -0.39 is 60.5 Å². The molecule has 0 saturated heterocycles. The standard InChI is InChI=1S/C26H37F17S/c1-2-3-4-5-11-14-17-44-18-15-12-9-7-6-8-10-13-16-19(27,28)20(29,30)21(31,32)22(33,34)23(35,36)24(37,38)25(39,40)26(41,42)43/h2-18H2,1H3. The molecule has 0 bridgehead atoms. The molecule has 0 aliphatic heterocycles. The predicted octanol–water partition coefficient (Wildman–Crippen LogP) is 12.6. The molecule has 44 heavy (non-hydrogen) atoms. The highest BCUT2D eigenvalue weighted by Crippen LogP contribution is 2.64. The van der Waals surface area contributed by atoms with Crippen LogP contribution in [0.4, 0.5) is 74.6 Å². The maximum atomic E-state index is 13.9. The highest BCUT2D eigenvalue weighted by molar-refractivity contribution is 7.99. The van der Waals surface area contributed by atoms with Gasteiger partial charge in [-0.2, -0.15) is 86.4 Å². The van der Waals surface area contributed by atoms with Crippen molar-refractivity contribution < 1.29 is 74.6 Å². The SMILES string of the molecule is CCCCCCCCSCCCCCCCCCCC(F)(F)C(F)(F)C(F)(F)C(F)(F)C(F)(F)C(F)(F)C(F)(F)C(F)(F)F. The molecule has 0 N–H and O–H groups in total. The first kappa shape index (κ1) is 43.2. The Hall–Kier alpha value is -0.840. The van der Waals surface area contributed by atoms with E-state index in [-0.39, 0.29) is 12.8 Å². The largest absolute Gasteiger partial charge is 0.460 e. The fraction of sp³-hybridized carbons (Fsp3) is 1.00. The lowest BCUT2D eigenvalue weighted by atomic mass is 9.87. The average molecular weight is 705 g/mol. The summed E-state index contributed by atoms with van der Waals surface area (Å²) in [5, 5.41) is 0. The lowest BCUT2D eigenvalue weighted by Crippen LogP contribution is -2.74. The lowest BCUT2D eigenvalue weighted by Gasteiger charge is -2.42. The van der Waals surface area contributed by atoms with E-state index in [1.165, 1.54) is 32.1 Å². The summed E-state index contributed by atoms with van der Waals surface area (Å²) in [6, 6.07) is 0. The van der Waals surface area contributed by atoms with Gasteiger partial charge in [-0.3, -0.25) is 0 Å². The molecule has 0 heterocycles. The molecule has 0 spiro atoms. The van der Waals surface area contributed by atoms with Crippen LogP contribution in [0.15, 0.2) is 0 Å². The number of hydrogen-bond acceptors (Lipinski definition) is 1. The van der Waals surface area contributed by atoms with E-state index in [0.29, 0.717) is 12.8 Å². The van der Waals surface area contributed by atoms with Gasteiger partial charge in [-0.1, -0.05) is 77.6 Å². The zero-order valence-corrected chi connectivity index (χ0v) is 24.7. The quantitative estimate of drug-likeness (QED) is 0.0712. The summed E-state index contributed by atoms with van der Waals surface area (Å²) < 4.78 is 226. The third kappa shape index (κ3) is 9.83. The molecule has 0 unspecified atom stereocenters. The van der Waals surface area contributed by atoms with Crippen LogP contribution >= 0.6 is 11.8 Å². The Morgan fingerprint density at radius 2 is 0.636 bits per heavy atom. The average Bonchev–Trinajstić information content (AvgIpc) is 2.89. The summed E-state index contributed by atoms with van der Waals surface area (Å²) in [5.41, 5.74) is 0. The van der Waals surface area contributed by atoms with E-state index in [1.54, 1.807) is 0 Å². The predicted molar refractivity (Wildman–Crippen MR) is 133 cm³/mol. The molecule has 18 heteroatoms. The molecule has 0 aromatic carbocycles. The lowest BCUT2D eigenvalue weighted by molar-refractivity contribution is -0.461.